The summed E-state index contributed by atoms with van der Waals surface area (Å²) in [7, 11) is 1.41. The summed E-state index contributed by atoms with van der Waals surface area (Å²) in [5.41, 5.74) is 1.32. The molecule has 0 amide bonds. The SMILES string of the molecule is CCSc1ccc(CCNCCC(=O)OC)cc1. The molecule has 0 spiro atoms. The molecule has 0 aliphatic carbocycles. The molecule has 1 N–H and O–H groups in total. The Labute approximate surface area is 113 Å². The third kappa shape index (κ3) is 6.07. The van der Waals surface area contributed by atoms with Gasteiger partial charge in [-0.15, -0.1) is 11.8 Å². The molecule has 100 valence electrons. The first-order valence-corrected chi connectivity index (χ1v) is 7.24. The van der Waals surface area contributed by atoms with Crippen LogP contribution in [-0.2, 0) is 16.0 Å². The van der Waals surface area contributed by atoms with Crippen molar-refractivity contribution < 1.29 is 9.53 Å². The second-order valence-corrected chi connectivity index (χ2v) is 5.24. The third-order valence-electron chi connectivity index (χ3n) is 2.56. The maximum atomic E-state index is 10.9. The van der Waals surface area contributed by atoms with E-state index in [-0.39, 0.29) is 5.97 Å². The van der Waals surface area contributed by atoms with Gasteiger partial charge in [0.1, 0.15) is 0 Å². The van der Waals surface area contributed by atoms with Crippen LogP contribution in [0.1, 0.15) is 18.9 Å². The second-order valence-electron chi connectivity index (χ2n) is 3.90. The van der Waals surface area contributed by atoms with Crippen molar-refractivity contribution >= 4 is 17.7 Å². The van der Waals surface area contributed by atoms with E-state index >= 15 is 0 Å². The minimum absolute atomic E-state index is 0.163. The molecule has 0 aliphatic rings. The van der Waals surface area contributed by atoms with E-state index in [9.17, 15) is 4.79 Å². The van der Waals surface area contributed by atoms with Crippen molar-refractivity contribution in [3.8, 4) is 0 Å². The van der Waals surface area contributed by atoms with E-state index in [0.717, 1.165) is 18.7 Å². The van der Waals surface area contributed by atoms with E-state index < -0.39 is 0 Å². The van der Waals surface area contributed by atoms with Crippen molar-refractivity contribution in [2.75, 3.05) is 26.0 Å². The Morgan fingerprint density at radius 3 is 2.61 bits per heavy atom. The number of esters is 1. The first-order valence-electron chi connectivity index (χ1n) is 6.25. The molecule has 0 heterocycles. The number of methoxy groups -OCH3 is 1. The predicted molar refractivity (Wildman–Crippen MR) is 76.0 cm³/mol. The minimum atomic E-state index is -0.163. The zero-order valence-electron chi connectivity index (χ0n) is 11.1. The number of nitrogens with one attached hydrogen (secondary N) is 1. The molecule has 0 aromatic heterocycles. The summed E-state index contributed by atoms with van der Waals surface area (Å²) < 4.78 is 4.57. The van der Waals surface area contributed by atoms with Crippen LogP contribution in [-0.4, -0.2) is 31.9 Å². The first-order chi connectivity index (χ1) is 8.76. The number of carbonyl (C=O) groups excluding carboxylic acids is 1. The standard InChI is InChI=1S/C14H21NO2S/c1-3-18-13-6-4-12(5-7-13)8-10-15-11-9-14(16)17-2/h4-7,15H,3,8-11H2,1-2H3. The van der Waals surface area contributed by atoms with Crippen molar-refractivity contribution in [1.82, 2.24) is 5.32 Å². The minimum Gasteiger partial charge on any atom is -0.469 e. The van der Waals surface area contributed by atoms with Gasteiger partial charge < -0.3 is 10.1 Å². The zero-order valence-corrected chi connectivity index (χ0v) is 11.9. The lowest BCUT2D eigenvalue weighted by atomic mass is 10.1. The van der Waals surface area contributed by atoms with E-state index in [1.54, 1.807) is 0 Å². The Balaban J connectivity index is 2.17. The average molecular weight is 267 g/mol. The van der Waals surface area contributed by atoms with Crippen molar-refractivity contribution in [3.05, 3.63) is 29.8 Å². The number of benzene rings is 1. The summed E-state index contributed by atoms with van der Waals surface area (Å²) in [5, 5.41) is 3.23. The maximum absolute atomic E-state index is 10.9. The lowest BCUT2D eigenvalue weighted by Crippen LogP contribution is -2.21. The van der Waals surface area contributed by atoms with Crippen LogP contribution >= 0.6 is 11.8 Å². The number of ether oxygens (including phenoxy) is 1. The van der Waals surface area contributed by atoms with Gasteiger partial charge in [0.2, 0.25) is 0 Å². The molecule has 1 rings (SSSR count). The topological polar surface area (TPSA) is 38.3 Å². The molecular weight excluding hydrogens is 246 g/mol. The molecule has 0 saturated heterocycles. The lowest BCUT2D eigenvalue weighted by Gasteiger charge is -2.05. The molecule has 0 bridgehead atoms. The van der Waals surface area contributed by atoms with Crippen LogP contribution < -0.4 is 5.32 Å². The largest absolute Gasteiger partial charge is 0.469 e. The number of rotatable bonds is 8. The van der Waals surface area contributed by atoms with Crippen LogP contribution in [0.2, 0.25) is 0 Å². The van der Waals surface area contributed by atoms with Gasteiger partial charge in [0.05, 0.1) is 13.5 Å². The van der Waals surface area contributed by atoms with Crippen LogP contribution in [0.3, 0.4) is 0 Å². The molecule has 3 nitrogen and oxygen atoms in total. The summed E-state index contributed by atoms with van der Waals surface area (Å²) in [6.45, 7) is 3.72. The molecule has 0 unspecified atom stereocenters. The highest BCUT2D eigenvalue weighted by molar-refractivity contribution is 7.99. The molecule has 0 aliphatic heterocycles. The highest BCUT2D eigenvalue weighted by Gasteiger charge is 1.99. The normalized spacial score (nSPS) is 10.3. The molecule has 18 heavy (non-hydrogen) atoms. The van der Waals surface area contributed by atoms with Gasteiger partial charge in [-0.2, -0.15) is 0 Å². The van der Waals surface area contributed by atoms with Crippen LogP contribution in [0.15, 0.2) is 29.2 Å². The first kappa shape index (κ1) is 15.1. The van der Waals surface area contributed by atoms with Crippen molar-refractivity contribution in [2.24, 2.45) is 0 Å². The molecule has 4 heteroatoms. The molecular formula is C14H21NO2S. The molecule has 0 radical (unpaired) electrons. The molecule has 0 fully saturated rings. The van der Waals surface area contributed by atoms with Crippen LogP contribution in [0.4, 0.5) is 0 Å². The van der Waals surface area contributed by atoms with Gasteiger partial charge >= 0.3 is 5.97 Å². The van der Waals surface area contributed by atoms with E-state index in [2.05, 4.69) is 41.2 Å². The van der Waals surface area contributed by atoms with Gasteiger partial charge in [0.25, 0.3) is 0 Å². The van der Waals surface area contributed by atoms with E-state index in [0.29, 0.717) is 13.0 Å². The quantitative estimate of drug-likeness (QED) is 0.446. The Bertz CT molecular complexity index is 351. The van der Waals surface area contributed by atoms with Gasteiger partial charge in [-0.05, 0) is 36.4 Å². The monoisotopic (exact) mass is 267 g/mol. The van der Waals surface area contributed by atoms with Gasteiger partial charge in [0.15, 0.2) is 0 Å². The number of thioether (sulfide) groups is 1. The Morgan fingerprint density at radius 1 is 1.28 bits per heavy atom. The Hall–Kier alpha value is -1.00. The van der Waals surface area contributed by atoms with Crippen molar-refractivity contribution in [3.63, 3.8) is 0 Å². The van der Waals surface area contributed by atoms with Gasteiger partial charge in [-0.25, -0.2) is 0 Å². The van der Waals surface area contributed by atoms with E-state index in [1.807, 2.05) is 11.8 Å². The number of hydrogen-bond acceptors (Lipinski definition) is 4. The molecule has 0 atom stereocenters. The number of carbonyl (C=O) groups is 1. The molecule has 0 saturated carbocycles. The summed E-state index contributed by atoms with van der Waals surface area (Å²) in [4.78, 5) is 12.2. The maximum Gasteiger partial charge on any atom is 0.306 e. The molecule has 1 aromatic carbocycles. The lowest BCUT2D eigenvalue weighted by molar-refractivity contribution is -0.140. The summed E-state index contributed by atoms with van der Waals surface area (Å²) in [5.74, 6) is 0.942. The fourth-order valence-corrected chi connectivity index (χ4v) is 2.23. The third-order valence-corrected chi connectivity index (χ3v) is 3.45. The van der Waals surface area contributed by atoms with Crippen molar-refractivity contribution in [2.45, 2.75) is 24.7 Å². The van der Waals surface area contributed by atoms with E-state index in [4.69, 9.17) is 0 Å². The Morgan fingerprint density at radius 2 is 2.00 bits per heavy atom. The second kappa shape index (κ2) is 9.00. The predicted octanol–water partition coefficient (Wildman–Crippen LogP) is 2.49. The fourth-order valence-electron chi connectivity index (χ4n) is 1.57. The smallest absolute Gasteiger partial charge is 0.306 e. The summed E-state index contributed by atoms with van der Waals surface area (Å²) in [6, 6.07) is 8.66. The number of hydrogen-bond donors (Lipinski definition) is 1. The summed E-state index contributed by atoms with van der Waals surface area (Å²) >= 11 is 1.85. The van der Waals surface area contributed by atoms with Gasteiger partial charge in [-0.1, -0.05) is 19.1 Å². The fraction of sp³-hybridized carbons (Fsp3) is 0.500. The van der Waals surface area contributed by atoms with Gasteiger partial charge in [-0.3, -0.25) is 4.79 Å². The highest BCUT2D eigenvalue weighted by atomic mass is 32.2. The summed E-state index contributed by atoms with van der Waals surface area (Å²) in [6.07, 6.45) is 1.42. The van der Waals surface area contributed by atoms with E-state index in [1.165, 1.54) is 17.6 Å². The van der Waals surface area contributed by atoms with Crippen LogP contribution in [0.5, 0.6) is 0 Å². The zero-order chi connectivity index (χ0) is 13.2. The van der Waals surface area contributed by atoms with Crippen LogP contribution in [0.25, 0.3) is 0 Å². The highest BCUT2D eigenvalue weighted by Crippen LogP contribution is 2.17. The van der Waals surface area contributed by atoms with Gasteiger partial charge in [0, 0.05) is 11.4 Å². The van der Waals surface area contributed by atoms with Crippen LogP contribution in [0, 0.1) is 0 Å². The Kier molecular flexibility index (Phi) is 7.53. The van der Waals surface area contributed by atoms with Crippen molar-refractivity contribution in [1.29, 1.82) is 0 Å². The molecule has 1 aromatic rings. The average Bonchev–Trinajstić information content (AvgIpc) is 2.40.